The molecule has 174 valence electrons. The van der Waals surface area contributed by atoms with Crippen LogP contribution in [0.2, 0.25) is 0 Å². The van der Waals surface area contributed by atoms with Crippen molar-refractivity contribution in [1.29, 1.82) is 0 Å². The van der Waals surface area contributed by atoms with Gasteiger partial charge in [0.2, 0.25) is 10.0 Å². The number of allylic oxidation sites excluding steroid dienone is 4. The molecule has 0 saturated heterocycles. The Morgan fingerprint density at radius 2 is 2.00 bits per heavy atom. The van der Waals surface area contributed by atoms with E-state index in [1.165, 1.54) is 13.1 Å². The average molecular weight is 472 g/mol. The van der Waals surface area contributed by atoms with Crippen molar-refractivity contribution in [2.45, 2.75) is 45.7 Å². The van der Waals surface area contributed by atoms with Crippen molar-refractivity contribution in [2.75, 3.05) is 12.4 Å². The van der Waals surface area contributed by atoms with E-state index < -0.39 is 28.2 Å². The van der Waals surface area contributed by atoms with E-state index in [9.17, 15) is 26.8 Å². The van der Waals surface area contributed by atoms with E-state index in [0.717, 1.165) is 4.73 Å². The van der Waals surface area contributed by atoms with Crippen LogP contribution in [0.3, 0.4) is 0 Å². The van der Waals surface area contributed by atoms with E-state index in [1.54, 1.807) is 25.1 Å². The van der Waals surface area contributed by atoms with Crippen LogP contribution in [0.1, 0.15) is 43.9 Å². The van der Waals surface area contributed by atoms with E-state index in [1.807, 2.05) is 0 Å². The van der Waals surface area contributed by atoms with Gasteiger partial charge in [0.05, 0.1) is 16.9 Å². The molecular formula is C21H24F3N3O4S. The summed E-state index contributed by atoms with van der Waals surface area (Å²) in [7, 11) is -3.52. The van der Waals surface area contributed by atoms with Crippen LogP contribution in [0.25, 0.3) is 17.0 Å². The van der Waals surface area contributed by atoms with Crippen molar-refractivity contribution < 1.29 is 31.5 Å². The molecule has 0 spiro atoms. The summed E-state index contributed by atoms with van der Waals surface area (Å²) in [4.78, 5) is 4.15. The number of halogens is 3. The molecule has 2 N–H and O–H groups in total. The number of ether oxygens (including phenoxy) is 1. The summed E-state index contributed by atoms with van der Waals surface area (Å²) in [6.07, 6.45) is -0.644. The van der Waals surface area contributed by atoms with Crippen molar-refractivity contribution in [1.82, 2.24) is 14.4 Å². The van der Waals surface area contributed by atoms with Crippen LogP contribution >= 0.6 is 0 Å². The number of nitrogens with one attached hydrogen (secondary N) is 1. The predicted molar refractivity (Wildman–Crippen MR) is 111 cm³/mol. The van der Waals surface area contributed by atoms with Gasteiger partial charge in [0, 0.05) is 29.5 Å². The molecule has 1 saturated carbocycles. The number of hydrogen-bond acceptors (Lipinski definition) is 5. The molecule has 0 bridgehead atoms. The maximum Gasteiger partial charge on any atom is 0.397 e. The first-order valence-corrected chi connectivity index (χ1v) is 11.9. The lowest BCUT2D eigenvalue weighted by atomic mass is 9.92. The van der Waals surface area contributed by atoms with Crippen LogP contribution in [0.4, 0.5) is 13.2 Å². The van der Waals surface area contributed by atoms with Gasteiger partial charge in [0.1, 0.15) is 12.4 Å². The summed E-state index contributed by atoms with van der Waals surface area (Å²) in [5.74, 6) is 0.542. The van der Waals surface area contributed by atoms with E-state index in [-0.39, 0.29) is 37.3 Å². The Morgan fingerprint density at radius 1 is 1.28 bits per heavy atom. The Bertz CT molecular complexity index is 1180. The normalized spacial score (nSPS) is 18.6. The van der Waals surface area contributed by atoms with Crippen LogP contribution in [0, 0.1) is 12.3 Å². The molecule has 2 aliphatic heterocycles. The lowest BCUT2D eigenvalue weighted by molar-refractivity contribution is -0.198. The molecule has 0 aromatic carbocycles. The lowest BCUT2D eigenvalue weighted by Crippen LogP contribution is -2.30. The average Bonchev–Trinajstić information content (AvgIpc) is 3.38. The number of fused-ring (bicyclic) bond motifs is 1. The number of nitrogens with zero attached hydrogens (tertiary/aromatic N) is 2. The minimum Gasteiger partial charge on any atom is -0.496 e. The van der Waals surface area contributed by atoms with Gasteiger partial charge < -0.3 is 9.94 Å². The highest BCUT2D eigenvalue weighted by Crippen LogP contribution is 2.58. The zero-order valence-corrected chi connectivity index (χ0v) is 18.5. The van der Waals surface area contributed by atoms with Crippen LogP contribution in [0.5, 0.6) is 0 Å². The Hall–Kier alpha value is -2.69. The monoisotopic (exact) mass is 471 g/mol. The van der Waals surface area contributed by atoms with E-state index in [4.69, 9.17) is 4.74 Å². The topological polar surface area (TPSA) is 93.5 Å². The predicted octanol–water partition coefficient (Wildman–Crippen LogP) is 4.22. The fourth-order valence-electron chi connectivity index (χ4n) is 3.77. The first-order chi connectivity index (χ1) is 15.0. The van der Waals surface area contributed by atoms with Crippen molar-refractivity contribution >= 4 is 15.6 Å². The molecule has 32 heavy (non-hydrogen) atoms. The van der Waals surface area contributed by atoms with Crippen LogP contribution in [-0.4, -0.2) is 41.9 Å². The number of alkyl halides is 3. The summed E-state index contributed by atoms with van der Waals surface area (Å²) in [5, 5.41) is 10.3. The molecular weight excluding hydrogens is 447 g/mol. The van der Waals surface area contributed by atoms with Gasteiger partial charge >= 0.3 is 6.18 Å². The second kappa shape index (κ2) is 7.72. The maximum atomic E-state index is 13.4. The highest BCUT2D eigenvalue weighted by Gasteiger charge is 2.64. The SMILES string of the molecule is CCS(=O)(=O)NC1=CC(c2cc(C)n(O)c3nccc2-3)=C(OCC2(C(F)(F)F)CC2)CC1. The molecule has 0 unspecified atom stereocenters. The number of rotatable bonds is 7. The summed E-state index contributed by atoms with van der Waals surface area (Å²) in [6.45, 7) is 2.70. The summed E-state index contributed by atoms with van der Waals surface area (Å²) >= 11 is 0. The Labute approximate surface area is 183 Å². The van der Waals surface area contributed by atoms with Crippen LogP contribution in [-0.2, 0) is 14.8 Å². The molecule has 4 aliphatic rings. The minimum absolute atomic E-state index is 0.0302. The highest BCUT2D eigenvalue weighted by atomic mass is 32.2. The van der Waals surface area contributed by atoms with Gasteiger partial charge in [0.25, 0.3) is 0 Å². The molecule has 0 atom stereocenters. The van der Waals surface area contributed by atoms with E-state index >= 15 is 0 Å². The Kier molecular flexibility index (Phi) is 5.43. The molecule has 11 heteroatoms. The van der Waals surface area contributed by atoms with Crippen molar-refractivity contribution in [3.63, 3.8) is 0 Å². The number of pyridine rings is 1. The van der Waals surface area contributed by atoms with Crippen LogP contribution < -0.4 is 4.72 Å². The fraction of sp³-hybridized carbons (Fsp3) is 0.476. The fourth-order valence-corrected chi connectivity index (χ4v) is 4.47. The molecule has 0 aromatic heterocycles. The highest BCUT2D eigenvalue weighted by molar-refractivity contribution is 7.89. The Morgan fingerprint density at radius 3 is 2.62 bits per heavy atom. The first kappa shape index (κ1) is 22.5. The van der Waals surface area contributed by atoms with E-state index in [0.29, 0.717) is 33.9 Å². The second-order valence-electron chi connectivity index (χ2n) is 8.27. The third kappa shape index (κ3) is 4.05. The summed E-state index contributed by atoms with van der Waals surface area (Å²) < 4.78 is 73.5. The standard InChI is InChI=1S/C21H24F3N3O4S/c1-3-32(29,30)26-14-4-5-18(31-12-20(7-8-20)21(22,23)24)17(11-14)16-10-13(2)27(28)19-15(16)6-9-25-19/h6,9-11,26,28H,3-5,7-8,12H2,1-2H3. The van der Waals surface area contributed by atoms with Crippen molar-refractivity contribution in [2.24, 2.45) is 5.41 Å². The van der Waals surface area contributed by atoms with Gasteiger partial charge in [-0.25, -0.2) is 13.4 Å². The van der Waals surface area contributed by atoms with Gasteiger partial charge in [-0.2, -0.15) is 17.9 Å². The van der Waals surface area contributed by atoms with Gasteiger partial charge in [-0.1, -0.05) is 0 Å². The smallest absolute Gasteiger partial charge is 0.397 e. The second-order valence-corrected chi connectivity index (χ2v) is 10.3. The summed E-state index contributed by atoms with van der Waals surface area (Å²) in [6, 6.07) is 3.35. The first-order valence-electron chi connectivity index (χ1n) is 10.3. The largest absolute Gasteiger partial charge is 0.496 e. The van der Waals surface area contributed by atoms with Gasteiger partial charge in [-0.05, 0) is 56.9 Å². The quantitative estimate of drug-likeness (QED) is 0.590. The molecule has 0 aromatic rings. The number of aromatic nitrogens is 2. The zero-order chi connectivity index (χ0) is 23.3. The Balaban J connectivity index is 1.78. The molecule has 4 rings (SSSR count). The maximum absolute atomic E-state index is 13.4. The summed E-state index contributed by atoms with van der Waals surface area (Å²) in [5.41, 5.74) is 0.710. The molecule has 0 amide bonds. The van der Waals surface area contributed by atoms with Crippen molar-refractivity contribution in [3.8, 4) is 11.4 Å². The van der Waals surface area contributed by atoms with Gasteiger partial charge in [0.15, 0.2) is 5.82 Å². The number of aryl methyl sites for hydroxylation is 1. The molecule has 0 radical (unpaired) electrons. The van der Waals surface area contributed by atoms with Gasteiger partial charge in [-0.15, -0.1) is 0 Å². The molecule has 1 fully saturated rings. The third-order valence-electron chi connectivity index (χ3n) is 6.03. The van der Waals surface area contributed by atoms with Crippen molar-refractivity contribution in [3.05, 3.63) is 47.1 Å². The van der Waals surface area contributed by atoms with E-state index in [2.05, 4.69) is 9.71 Å². The molecule has 2 aliphatic carbocycles. The number of hydrogen-bond donors (Lipinski definition) is 2. The number of sulfonamides is 1. The third-order valence-corrected chi connectivity index (χ3v) is 7.37. The molecule has 7 nitrogen and oxygen atoms in total. The molecule has 2 heterocycles. The minimum atomic E-state index is -4.34. The van der Waals surface area contributed by atoms with Crippen LogP contribution in [0.15, 0.2) is 35.9 Å². The van der Waals surface area contributed by atoms with Gasteiger partial charge in [-0.3, -0.25) is 4.72 Å². The zero-order valence-electron chi connectivity index (χ0n) is 17.7. The lowest BCUT2D eigenvalue weighted by Gasteiger charge is -2.26.